The van der Waals surface area contributed by atoms with E-state index >= 15 is 0 Å². The minimum absolute atomic E-state index is 0.155. The van der Waals surface area contributed by atoms with E-state index in [4.69, 9.17) is 0 Å². The minimum Gasteiger partial charge on any atom is -0.406 e. The van der Waals surface area contributed by atoms with Crippen molar-refractivity contribution in [2.45, 2.75) is 59.7 Å². The van der Waals surface area contributed by atoms with Crippen LogP contribution in [0, 0.1) is 13.8 Å². The third kappa shape index (κ3) is 7.34. The summed E-state index contributed by atoms with van der Waals surface area (Å²) in [4.78, 5) is 26.7. The van der Waals surface area contributed by atoms with Crippen molar-refractivity contribution in [3.05, 3.63) is 106 Å². The predicted molar refractivity (Wildman–Crippen MR) is 173 cm³/mol. The largest absolute Gasteiger partial charge is 0.573 e. The molecule has 238 valence electrons. The van der Waals surface area contributed by atoms with Gasteiger partial charge in [-0.1, -0.05) is 57.2 Å². The second-order valence-electron chi connectivity index (χ2n) is 11.2. The molecule has 2 aromatic heterocycles. The van der Waals surface area contributed by atoms with E-state index in [1.807, 2.05) is 61.1 Å². The number of aryl methyl sites for hydroxylation is 2. The topological polar surface area (TPSA) is 86.7 Å². The Morgan fingerprint density at radius 1 is 0.978 bits per heavy atom. The second kappa shape index (κ2) is 13.3. The van der Waals surface area contributed by atoms with Gasteiger partial charge < -0.3 is 4.74 Å². The summed E-state index contributed by atoms with van der Waals surface area (Å²) >= 11 is 1.41. The van der Waals surface area contributed by atoms with Crippen molar-refractivity contribution in [1.29, 1.82) is 0 Å². The zero-order valence-electron chi connectivity index (χ0n) is 26.2. The van der Waals surface area contributed by atoms with E-state index in [1.165, 1.54) is 57.7 Å². The van der Waals surface area contributed by atoms with Crippen LogP contribution in [0.4, 0.5) is 18.0 Å². The monoisotopic (exact) mass is 646 g/mol. The molecule has 3 aromatic carbocycles. The van der Waals surface area contributed by atoms with E-state index in [0.717, 1.165) is 22.5 Å². The third-order valence-corrected chi connectivity index (χ3v) is 8.53. The van der Waals surface area contributed by atoms with Crippen LogP contribution in [0.15, 0.2) is 88.4 Å². The lowest BCUT2D eigenvalue weighted by Gasteiger charge is -2.17. The molecule has 8 nitrogen and oxygen atoms in total. The van der Waals surface area contributed by atoms with Gasteiger partial charge in [-0.2, -0.15) is 4.99 Å². The van der Waals surface area contributed by atoms with Gasteiger partial charge in [-0.15, -0.1) is 29.6 Å². The number of hydrogen-bond donors (Lipinski definition) is 0. The first-order chi connectivity index (χ1) is 21.8. The number of aliphatic imine (C=N–C) groups is 1. The number of carbonyl (C=O) groups is 1. The standard InChI is InChI=1S/C34H33F3N6O2S/c1-20(2)30-21(3)8-7-9-29(30)43-22(4)18-46-33(43)40-32(44)39-24(6)23(5)25-10-12-26(13-11-25)31-38-19-42(41-31)27-14-16-28(17-15-27)45-34(35,36)37/h7-20,23H,1-6H3. The summed E-state index contributed by atoms with van der Waals surface area (Å²) in [6.07, 6.45) is -3.27. The highest BCUT2D eigenvalue weighted by Gasteiger charge is 2.31. The SMILES string of the molecule is CC(=NC(=O)N=c1scc(C)n1-c1cccc(C)c1C(C)C)C(C)c1ccc(-c2ncn(-c3ccc(OC(F)(F)F)cc3)n2)cc1. The Morgan fingerprint density at radius 3 is 2.33 bits per heavy atom. The number of amides is 2. The average molecular weight is 647 g/mol. The van der Waals surface area contributed by atoms with E-state index in [9.17, 15) is 18.0 Å². The summed E-state index contributed by atoms with van der Waals surface area (Å²) in [5, 5.41) is 6.44. The van der Waals surface area contributed by atoms with Gasteiger partial charge in [-0.05, 0) is 73.7 Å². The number of alkyl halides is 3. The van der Waals surface area contributed by atoms with E-state index in [2.05, 4.69) is 57.7 Å². The minimum atomic E-state index is -4.76. The number of aromatic nitrogens is 4. The lowest BCUT2D eigenvalue weighted by atomic mass is 9.96. The van der Waals surface area contributed by atoms with Crippen molar-refractivity contribution in [2.75, 3.05) is 0 Å². The lowest BCUT2D eigenvalue weighted by Crippen LogP contribution is -2.18. The molecule has 0 N–H and O–H groups in total. The molecule has 12 heteroatoms. The van der Waals surface area contributed by atoms with Gasteiger partial charge in [0.15, 0.2) is 10.6 Å². The van der Waals surface area contributed by atoms with Crippen molar-refractivity contribution in [3.8, 4) is 28.5 Å². The number of carbonyl (C=O) groups excluding carboxylic acids is 1. The smallest absolute Gasteiger partial charge is 0.406 e. The molecule has 0 bridgehead atoms. The third-order valence-electron chi connectivity index (χ3n) is 7.58. The molecule has 0 saturated heterocycles. The molecular weight excluding hydrogens is 613 g/mol. The summed E-state index contributed by atoms with van der Waals surface area (Å²) in [5.74, 6) is 0.275. The number of benzene rings is 3. The average Bonchev–Trinajstić information content (AvgIpc) is 3.63. The molecule has 0 aliphatic rings. The second-order valence-corrected chi connectivity index (χ2v) is 12.0. The zero-order valence-corrected chi connectivity index (χ0v) is 27.0. The van der Waals surface area contributed by atoms with Crippen molar-refractivity contribution in [2.24, 2.45) is 9.98 Å². The molecule has 5 aromatic rings. The molecule has 0 saturated carbocycles. The Morgan fingerprint density at radius 2 is 1.67 bits per heavy atom. The summed E-state index contributed by atoms with van der Waals surface area (Å²) in [7, 11) is 0. The Labute approximate surface area is 268 Å². The maximum absolute atomic E-state index is 13.0. The Balaban J connectivity index is 1.31. The lowest BCUT2D eigenvalue weighted by molar-refractivity contribution is -0.274. The summed E-state index contributed by atoms with van der Waals surface area (Å²) in [6.45, 7) is 12.2. The number of nitrogens with zero attached hydrogens (tertiary/aromatic N) is 6. The first-order valence-corrected chi connectivity index (χ1v) is 15.5. The quantitative estimate of drug-likeness (QED) is 0.166. The van der Waals surface area contributed by atoms with Crippen LogP contribution in [-0.4, -0.2) is 37.4 Å². The van der Waals surface area contributed by atoms with Crippen LogP contribution in [0.5, 0.6) is 5.75 Å². The summed E-state index contributed by atoms with van der Waals surface area (Å²) in [6, 6.07) is 18.5. The molecule has 5 rings (SSSR count). The van der Waals surface area contributed by atoms with Crippen LogP contribution >= 0.6 is 11.3 Å². The Hall–Kier alpha value is -4.84. The highest BCUT2D eigenvalue weighted by Crippen LogP contribution is 2.28. The van der Waals surface area contributed by atoms with Crippen molar-refractivity contribution >= 4 is 23.1 Å². The van der Waals surface area contributed by atoms with Crippen LogP contribution in [0.25, 0.3) is 22.8 Å². The first-order valence-electron chi connectivity index (χ1n) is 14.6. The molecule has 46 heavy (non-hydrogen) atoms. The molecule has 0 spiro atoms. The first kappa shape index (κ1) is 32.6. The molecule has 1 unspecified atom stereocenters. The molecule has 0 aliphatic carbocycles. The maximum atomic E-state index is 13.0. The Bertz CT molecular complexity index is 1950. The van der Waals surface area contributed by atoms with Gasteiger partial charge >= 0.3 is 12.4 Å². The summed E-state index contributed by atoms with van der Waals surface area (Å²) in [5.41, 5.74) is 7.26. The fourth-order valence-electron chi connectivity index (χ4n) is 5.21. The van der Waals surface area contributed by atoms with Crippen LogP contribution in [-0.2, 0) is 0 Å². The van der Waals surface area contributed by atoms with Crippen LogP contribution in [0.1, 0.15) is 61.9 Å². The van der Waals surface area contributed by atoms with E-state index in [0.29, 0.717) is 27.9 Å². The number of hydrogen-bond acceptors (Lipinski definition) is 5. The van der Waals surface area contributed by atoms with Crippen LogP contribution in [0.2, 0.25) is 0 Å². The normalized spacial score (nSPS) is 13.3. The van der Waals surface area contributed by atoms with Gasteiger partial charge in [-0.3, -0.25) is 4.57 Å². The molecule has 1 atom stereocenters. The van der Waals surface area contributed by atoms with E-state index in [1.54, 1.807) is 0 Å². The van der Waals surface area contributed by atoms with Gasteiger partial charge in [-0.25, -0.2) is 19.5 Å². The predicted octanol–water partition coefficient (Wildman–Crippen LogP) is 8.71. The fraction of sp³-hybridized carbons (Fsp3) is 0.265. The number of rotatable bonds is 7. The van der Waals surface area contributed by atoms with E-state index < -0.39 is 12.4 Å². The van der Waals surface area contributed by atoms with Crippen molar-refractivity contribution < 1.29 is 22.7 Å². The fourth-order valence-corrected chi connectivity index (χ4v) is 6.07. The van der Waals surface area contributed by atoms with Crippen molar-refractivity contribution in [3.63, 3.8) is 0 Å². The molecule has 0 fully saturated rings. The summed E-state index contributed by atoms with van der Waals surface area (Å²) < 4.78 is 44.8. The highest BCUT2D eigenvalue weighted by molar-refractivity contribution is 7.07. The number of urea groups is 1. The molecule has 2 heterocycles. The zero-order chi connectivity index (χ0) is 33.2. The van der Waals surface area contributed by atoms with Crippen LogP contribution in [0.3, 0.4) is 0 Å². The Kier molecular flexibility index (Phi) is 9.38. The van der Waals surface area contributed by atoms with Gasteiger partial charge in [0, 0.05) is 28.3 Å². The van der Waals surface area contributed by atoms with Gasteiger partial charge in [0.1, 0.15) is 12.1 Å². The molecule has 2 amide bonds. The number of thiazole rings is 1. The maximum Gasteiger partial charge on any atom is 0.573 e. The van der Waals surface area contributed by atoms with Crippen LogP contribution < -0.4 is 9.54 Å². The molecular formula is C34H33F3N6O2S. The van der Waals surface area contributed by atoms with Gasteiger partial charge in [0.25, 0.3) is 0 Å². The molecule has 0 aliphatic heterocycles. The highest BCUT2D eigenvalue weighted by atomic mass is 32.1. The number of ether oxygens (including phenoxy) is 1. The van der Waals surface area contributed by atoms with Gasteiger partial charge in [0.2, 0.25) is 0 Å². The van der Waals surface area contributed by atoms with Gasteiger partial charge in [0.05, 0.1) is 11.4 Å². The van der Waals surface area contributed by atoms with E-state index in [-0.39, 0.29) is 11.7 Å². The molecule has 0 radical (unpaired) electrons. The number of halogens is 3. The van der Waals surface area contributed by atoms with Crippen molar-refractivity contribution in [1.82, 2.24) is 19.3 Å².